The number of hydrogen-bond donors (Lipinski definition) is 2. The summed E-state index contributed by atoms with van der Waals surface area (Å²) in [4.78, 5) is 16.0. The van der Waals surface area contributed by atoms with Gasteiger partial charge in [0.15, 0.2) is 0 Å². The molecule has 0 bridgehead atoms. The number of nitrogens with zero attached hydrogens (tertiary/aromatic N) is 1. The van der Waals surface area contributed by atoms with Crippen LogP contribution in [0.5, 0.6) is 0 Å². The monoisotopic (exact) mass is 257 g/mol. The lowest BCUT2D eigenvalue weighted by molar-refractivity contribution is 0.237. The molecule has 0 saturated carbocycles. The van der Waals surface area contributed by atoms with E-state index in [-0.39, 0.29) is 12.1 Å². The Bertz CT molecular complexity index is 563. The molecule has 4 heteroatoms. The standard InChI is InChI=1S/C15H19N3O/c1-3-11(2)18-15(19)17-10-13-7-4-6-12-8-5-9-16-14(12)13/h4-9,11H,3,10H2,1-2H3,(H2,17,18,19). The number of pyridine rings is 1. The van der Waals surface area contributed by atoms with Crippen LogP contribution in [0.3, 0.4) is 0 Å². The maximum Gasteiger partial charge on any atom is 0.315 e. The molecule has 2 rings (SSSR count). The summed E-state index contributed by atoms with van der Waals surface area (Å²) < 4.78 is 0. The predicted molar refractivity (Wildman–Crippen MR) is 76.9 cm³/mol. The number of hydrogen-bond acceptors (Lipinski definition) is 2. The molecule has 2 aromatic rings. The zero-order chi connectivity index (χ0) is 13.7. The van der Waals surface area contributed by atoms with Crippen LogP contribution in [0.25, 0.3) is 10.9 Å². The van der Waals surface area contributed by atoms with E-state index >= 15 is 0 Å². The Morgan fingerprint density at radius 1 is 1.32 bits per heavy atom. The van der Waals surface area contributed by atoms with E-state index in [4.69, 9.17) is 0 Å². The van der Waals surface area contributed by atoms with E-state index < -0.39 is 0 Å². The number of urea groups is 1. The first kappa shape index (κ1) is 13.3. The second-order valence-corrected chi connectivity index (χ2v) is 4.63. The number of aromatic nitrogens is 1. The summed E-state index contributed by atoms with van der Waals surface area (Å²) in [6, 6.07) is 9.96. The van der Waals surface area contributed by atoms with Crippen molar-refractivity contribution < 1.29 is 4.79 Å². The van der Waals surface area contributed by atoms with E-state index in [0.717, 1.165) is 22.9 Å². The molecule has 0 radical (unpaired) electrons. The first-order valence-electron chi connectivity index (χ1n) is 6.57. The van der Waals surface area contributed by atoms with Crippen molar-refractivity contribution in [1.29, 1.82) is 0 Å². The lowest BCUT2D eigenvalue weighted by atomic mass is 10.1. The van der Waals surface area contributed by atoms with Crippen LogP contribution in [0, 0.1) is 0 Å². The molecule has 1 unspecified atom stereocenters. The predicted octanol–water partition coefficient (Wildman–Crippen LogP) is 2.83. The minimum absolute atomic E-state index is 0.137. The van der Waals surface area contributed by atoms with Crippen molar-refractivity contribution in [3.05, 3.63) is 42.1 Å². The number of carbonyl (C=O) groups is 1. The van der Waals surface area contributed by atoms with Gasteiger partial charge in [-0.25, -0.2) is 4.79 Å². The van der Waals surface area contributed by atoms with Gasteiger partial charge in [0.05, 0.1) is 5.52 Å². The van der Waals surface area contributed by atoms with Crippen LogP contribution in [0.2, 0.25) is 0 Å². The fourth-order valence-electron chi connectivity index (χ4n) is 1.86. The molecule has 19 heavy (non-hydrogen) atoms. The van der Waals surface area contributed by atoms with Crippen LogP contribution in [0.15, 0.2) is 36.5 Å². The SMILES string of the molecule is CCC(C)NC(=O)NCc1cccc2cccnc12. The second-order valence-electron chi connectivity index (χ2n) is 4.63. The summed E-state index contributed by atoms with van der Waals surface area (Å²) in [5.74, 6) is 0. The summed E-state index contributed by atoms with van der Waals surface area (Å²) in [5, 5.41) is 6.83. The molecular formula is C15H19N3O. The van der Waals surface area contributed by atoms with E-state index in [1.807, 2.05) is 44.2 Å². The molecule has 100 valence electrons. The van der Waals surface area contributed by atoms with Gasteiger partial charge in [-0.15, -0.1) is 0 Å². The van der Waals surface area contributed by atoms with Crippen LogP contribution in [0.4, 0.5) is 4.79 Å². The molecule has 0 spiro atoms. The Balaban J connectivity index is 2.04. The summed E-state index contributed by atoms with van der Waals surface area (Å²) in [7, 11) is 0. The molecule has 1 heterocycles. The molecule has 0 saturated heterocycles. The molecule has 1 atom stereocenters. The Labute approximate surface area is 113 Å². The van der Waals surface area contributed by atoms with Crippen molar-refractivity contribution in [3.63, 3.8) is 0 Å². The third kappa shape index (κ3) is 3.44. The third-order valence-electron chi connectivity index (χ3n) is 3.15. The lowest BCUT2D eigenvalue weighted by Gasteiger charge is -2.13. The third-order valence-corrected chi connectivity index (χ3v) is 3.15. The molecule has 1 aromatic carbocycles. The zero-order valence-corrected chi connectivity index (χ0v) is 11.3. The number of amides is 2. The number of rotatable bonds is 4. The Kier molecular flexibility index (Phi) is 4.34. The number of carbonyl (C=O) groups excluding carboxylic acids is 1. The van der Waals surface area contributed by atoms with Crippen LogP contribution in [-0.4, -0.2) is 17.1 Å². The highest BCUT2D eigenvalue weighted by atomic mass is 16.2. The van der Waals surface area contributed by atoms with Crippen molar-refractivity contribution in [1.82, 2.24) is 15.6 Å². The minimum atomic E-state index is -0.137. The summed E-state index contributed by atoms with van der Waals surface area (Å²) in [6.45, 7) is 4.51. The Hall–Kier alpha value is -2.10. The maximum atomic E-state index is 11.7. The summed E-state index contributed by atoms with van der Waals surface area (Å²) >= 11 is 0. The average Bonchev–Trinajstić information content (AvgIpc) is 2.44. The van der Waals surface area contributed by atoms with Crippen LogP contribution in [0.1, 0.15) is 25.8 Å². The Morgan fingerprint density at radius 2 is 2.11 bits per heavy atom. The molecule has 2 N–H and O–H groups in total. The van der Waals surface area contributed by atoms with E-state index in [1.54, 1.807) is 6.20 Å². The van der Waals surface area contributed by atoms with Gasteiger partial charge < -0.3 is 10.6 Å². The lowest BCUT2D eigenvalue weighted by Crippen LogP contribution is -2.40. The maximum absolute atomic E-state index is 11.7. The van der Waals surface area contributed by atoms with Gasteiger partial charge in [0.2, 0.25) is 0 Å². The molecule has 4 nitrogen and oxygen atoms in total. The van der Waals surface area contributed by atoms with Crippen LogP contribution >= 0.6 is 0 Å². The topological polar surface area (TPSA) is 54.0 Å². The smallest absolute Gasteiger partial charge is 0.315 e. The van der Waals surface area contributed by atoms with Gasteiger partial charge in [-0.2, -0.15) is 0 Å². The van der Waals surface area contributed by atoms with Gasteiger partial charge in [-0.05, 0) is 25.0 Å². The molecule has 1 aromatic heterocycles. The summed E-state index contributed by atoms with van der Waals surface area (Å²) in [6.07, 6.45) is 2.69. The van der Waals surface area contributed by atoms with Gasteiger partial charge in [0, 0.05) is 24.2 Å². The van der Waals surface area contributed by atoms with Crippen LogP contribution < -0.4 is 10.6 Å². The molecular weight excluding hydrogens is 238 g/mol. The molecule has 0 fully saturated rings. The van der Waals surface area contributed by atoms with E-state index in [9.17, 15) is 4.79 Å². The highest BCUT2D eigenvalue weighted by Crippen LogP contribution is 2.15. The second kappa shape index (κ2) is 6.18. The van der Waals surface area contributed by atoms with Crippen molar-refractivity contribution in [2.45, 2.75) is 32.9 Å². The fourth-order valence-corrected chi connectivity index (χ4v) is 1.86. The fraction of sp³-hybridized carbons (Fsp3) is 0.333. The van der Waals surface area contributed by atoms with E-state index in [0.29, 0.717) is 6.54 Å². The highest BCUT2D eigenvalue weighted by molar-refractivity contribution is 5.82. The van der Waals surface area contributed by atoms with Crippen molar-refractivity contribution in [2.24, 2.45) is 0 Å². The minimum Gasteiger partial charge on any atom is -0.336 e. The first-order valence-corrected chi connectivity index (χ1v) is 6.57. The van der Waals surface area contributed by atoms with Gasteiger partial charge in [0.1, 0.15) is 0 Å². The van der Waals surface area contributed by atoms with Crippen molar-refractivity contribution in [2.75, 3.05) is 0 Å². The van der Waals surface area contributed by atoms with Crippen molar-refractivity contribution >= 4 is 16.9 Å². The number of benzene rings is 1. The molecule has 0 aliphatic heterocycles. The highest BCUT2D eigenvalue weighted by Gasteiger charge is 2.06. The normalized spacial score (nSPS) is 12.1. The van der Waals surface area contributed by atoms with E-state index in [2.05, 4.69) is 15.6 Å². The summed E-state index contributed by atoms with van der Waals surface area (Å²) in [5.41, 5.74) is 1.96. The Morgan fingerprint density at radius 3 is 2.89 bits per heavy atom. The number of fused-ring (bicyclic) bond motifs is 1. The molecule has 0 aliphatic rings. The average molecular weight is 257 g/mol. The van der Waals surface area contributed by atoms with Gasteiger partial charge in [0.25, 0.3) is 0 Å². The number of para-hydroxylation sites is 1. The molecule has 0 aliphatic carbocycles. The first-order chi connectivity index (χ1) is 9.20. The van der Waals surface area contributed by atoms with Gasteiger partial charge in [-0.1, -0.05) is 31.2 Å². The quantitative estimate of drug-likeness (QED) is 0.885. The van der Waals surface area contributed by atoms with Gasteiger partial charge in [-0.3, -0.25) is 4.98 Å². The van der Waals surface area contributed by atoms with E-state index in [1.165, 1.54) is 0 Å². The number of nitrogens with one attached hydrogen (secondary N) is 2. The van der Waals surface area contributed by atoms with Crippen molar-refractivity contribution in [3.8, 4) is 0 Å². The zero-order valence-electron chi connectivity index (χ0n) is 11.3. The molecule has 2 amide bonds. The van der Waals surface area contributed by atoms with Gasteiger partial charge >= 0.3 is 6.03 Å². The van der Waals surface area contributed by atoms with Crippen LogP contribution in [-0.2, 0) is 6.54 Å². The largest absolute Gasteiger partial charge is 0.336 e.